The van der Waals surface area contributed by atoms with Crippen LogP contribution in [0.15, 0.2) is 77.1 Å². The van der Waals surface area contributed by atoms with E-state index in [9.17, 15) is 13.2 Å². The number of para-hydroxylation sites is 1. The predicted octanol–water partition coefficient (Wildman–Crippen LogP) is 5.83. The first kappa shape index (κ1) is 18.5. The molecule has 1 nitrogen and oxygen atoms in total. The van der Waals surface area contributed by atoms with Gasteiger partial charge in [0.25, 0.3) is 0 Å². The molecule has 0 amide bonds. The molecule has 0 aliphatic rings. The van der Waals surface area contributed by atoms with Crippen molar-refractivity contribution < 1.29 is 13.2 Å². The highest BCUT2D eigenvalue weighted by atomic mass is 32.1. The highest BCUT2D eigenvalue weighted by Crippen LogP contribution is 2.24. The van der Waals surface area contributed by atoms with Gasteiger partial charge in [-0.05, 0) is 47.6 Å². The van der Waals surface area contributed by atoms with Gasteiger partial charge in [-0.2, -0.15) is 13.2 Å². The minimum absolute atomic E-state index is 0.133. The van der Waals surface area contributed by atoms with E-state index in [1.165, 1.54) is 17.4 Å². The van der Waals surface area contributed by atoms with Crippen molar-refractivity contribution in [2.24, 2.45) is 4.99 Å². The lowest BCUT2D eigenvalue weighted by Gasteiger charge is -2.05. The highest BCUT2D eigenvalue weighted by Gasteiger charge is 2.35. The van der Waals surface area contributed by atoms with Gasteiger partial charge in [-0.1, -0.05) is 48.2 Å². The smallest absolute Gasteiger partial charge is 0.234 e. The Bertz CT molecular complexity index is 1060. The second-order valence-electron chi connectivity index (χ2n) is 5.32. The third-order valence-electron chi connectivity index (χ3n) is 3.35. The Morgan fingerprint density at radius 1 is 0.815 bits per heavy atom. The molecule has 0 spiro atoms. The maximum Gasteiger partial charge on any atom is 0.441 e. The van der Waals surface area contributed by atoms with Crippen LogP contribution in [0.25, 0.3) is 0 Å². The molecule has 2 aromatic carbocycles. The van der Waals surface area contributed by atoms with Crippen LogP contribution in [0, 0.1) is 23.7 Å². The molecule has 0 saturated heterocycles. The van der Waals surface area contributed by atoms with E-state index in [1.807, 2.05) is 30.3 Å². The van der Waals surface area contributed by atoms with Gasteiger partial charge >= 0.3 is 6.18 Å². The number of hydrogen-bond acceptors (Lipinski definition) is 2. The molecule has 3 rings (SSSR count). The summed E-state index contributed by atoms with van der Waals surface area (Å²) in [4.78, 5) is 4.31. The van der Waals surface area contributed by atoms with E-state index >= 15 is 0 Å². The summed E-state index contributed by atoms with van der Waals surface area (Å²) in [7, 11) is 0. The fourth-order valence-corrected chi connectivity index (χ4v) is 2.66. The van der Waals surface area contributed by atoms with Gasteiger partial charge in [-0.3, -0.25) is 0 Å². The first-order valence-corrected chi connectivity index (χ1v) is 8.78. The number of nitrogens with zero attached hydrogens (tertiary/aromatic N) is 1. The normalized spacial score (nSPS) is 11.1. The third-order valence-corrected chi connectivity index (χ3v) is 4.13. The predicted molar refractivity (Wildman–Crippen MR) is 103 cm³/mol. The Hall–Kier alpha value is -3.28. The van der Waals surface area contributed by atoms with Crippen LogP contribution in [0.4, 0.5) is 18.9 Å². The maximum absolute atomic E-state index is 13.4. The standard InChI is InChI=1S/C22H12F3NS/c23-22(24,25)21(15-14-19-10-6-16-27-19)26-20-11-5-4-9-18(20)13-12-17-7-2-1-3-8-17/h1-11,16H. The van der Waals surface area contributed by atoms with E-state index in [-0.39, 0.29) is 5.69 Å². The first-order valence-electron chi connectivity index (χ1n) is 7.90. The Labute approximate surface area is 159 Å². The number of halogens is 3. The van der Waals surface area contributed by atoms with Gasteiger partial charge in [0.15, 0.2) is 5.71 Å². The van der Waals surface area contributed by atoms with Crippen LogP contribution < -0.4 is 0 Å². The Morgan fingerprint density at radius 2 is 1.56 bits per heavy atom. The summed E-state index contributed by atoms with van der Waals surface area (Å²) in [6.07, 6.45) is -4.65. The average Bonchev–Trinajstić information content (AvgIpc) is 3.17. The van der Waals surface area contributed by atoms with E-state index in [0.717, 1.165) is 5.56 Å². The van der Waals surface area contributed by atoms with Crippen LogP contribution >= 0.6 is 11.3 Å². The van der Waals surface area contributed by atoms with Gasteiger partial charge in [-0.25, -0.2) is 4.99 Å². The van der Waals surface area contributed by atoms with Crippen molar-refractivity contribution in [3.8, 4) is 23.7 Å². The molecule has 5 heteroatoms. The van der Waals surface area contributed by atoms with Crippen LogP contribution in [0.5, 0.6) is 0 Å². The molecule has 0 aliphatic heterocycles. The van der Waals surface area contributed by atoms with Gasteiger partial charge in [0, 0.05) is 5.56 Å². The summed E-state index contributed by atoms with van der Waals surface area (Å²) in [6, 6.07) is 19.0. The molecule has 0 fully saturated rings. The summed E-state index contributed by atoms with van der Waals surface area (Å²) < 4.78 is 40.1. The molecule has 3 aromatic rings. The van der Waals surface area contributed by atoms with Crippen molar-refractivity contribution in [3.05, 3.63) is 88.1 Å². The second kappa shape index (κ2) is 8.40. The van der Waals surface area contributed by atoms with E-state index in [2.05, 4.69) is 28.7 Å². The van der Waals surface area contributed by atoms with Crippen LogP contribution in [-0.2, 0) is 0 Å². The quantitative estimate of drug-likeness (QED) is 0.372. The topological polar surface area (TPSA) is 12.4 Å². The lowest BCUT2D eigenvalue weighted by Crippen LogP contribution is -2.21. The number of hydrogen-bond donors (Lipinski definition) is 0. The second-order valence-corrected chi connectivity index (χ2v) is 6.27. The molecule has 0 atom stereocenters. The molecule has 132 valence electrons. The van der Waals surface area contributed by atoms with Crippen LogP contribution in [0.2, 0.25) is 0 Å². The lowest BCUT2D eigenvalue weighted by atomic mass is 10.1. The molecule has 1 aromatic heterocycles. The van der Waals surface area contributed by atoms with Crippen molar-refractivity contribution in [2.45, 2.75) is 6.18 Å². The number of alkyl halides is 3. The van der Waals surface area contributed by atoms with Crippen LogP contribution in [0.3, 0.4) is 0 Å². The van der Waals surface area contributed by atoms with Crippen molar-refractivity contribution in [1.82, 2.24) is 0 Å². The number of benzene rings is 2. The van der Waals surface area contributed by atoms with E-state index < -0.39 is 11.9 Å². The van der Waals surface area contributed by atoms with Crippen molar-refractivity contribution in [1.29, 1.82) is 0 Å². The Kier molecular flexibility index (Phi) is 5.76. The molecule has 0 radical (unpaired) electrons. The summed E-state index contributed by atoms with van der Waals surface area (Å²) in [5, 5.41) is 1.75. The van der Waals surface area contributed by atoms with Gasteiger partial charge < -0.3 is 0 Å². The number of thiophene rings is 1. The molecule has 27 heavy (non-hydrogen) atoms. The fraction of sp³-hybridized carbons (Fsp3) is 0.0455. The minimum atomic E-state index is -4.65. The average molecular weight is 379 g/mol. The largest absolute Gasteiger partial charge is 0.441 e. The van der Waals surface area contributed by atoms with Gasteiger partial charge in [0.1, 0.15) is 0 Å². The zero-order valence-electron chi connectivity index (χ0n) is 13.9. The van der Waals surface area contributed by atoms with Crippen LogP contribution in [-0.4, -0.2) is 11.9 Å². The lowest BCUT2D eigenvalue weighted by molar-refractivity contribution is -0.0571. The molecule has 0 N–H and O–H groups in total. The molecule has 0 saturated carbocycles. The summed E-state index contributed by atoms with van der Waals surface area (Å²) in [5.74, 6) is 10.5. The van der Waals surface area contributed by atoms with Crippen molar-refractivity contribution >= 4 is 22.7 Å². The van der Waals surface area contributed by atoms with Crippen LogP contribution in [0.1, 0.15) is 16.0 Å². The Morgan fingerprint density at radius 3 is 2.26 bits per heavy atom. The molecule has 1 heterocycles. The zero-order valence-corrected chi connectivity index (χ0v) is 14.7. The number of aliphatic imine (C=N–C) groups is 1. The van der Waals surface area contributed by atoms with Gasteiger partial charge in [0.05, 0.1) is 16.1 Å². The summed E-state index contributed by atoms with van der Waals surface area (Å²) in [5.41, 5.74) is 0.157. The van der Waals surface area contributed by atoms with E-state index in [4.69, 9.17) is 0 Å². The molecular weight excluding hydrogens is 367 g/mol. The Balaban J connectivity index is 2.00. The monoisotopic (exact) mass is 379 g/mol. The zero-order chi connectivity index (χ0) is 19.1. The molecular formula is C22H12F3NS. The maximum atomic E-state index is 13.4. The minimum Gasteiger partial charge on any atom is -0.234 e. The number of rotatable bonds is 1. The third kappa shape index (κ3) is 5.34. The van der Waals surface area contributed by atoms with Gasteiger partial charge in [0.2, 0.25) is 0 Å². The molecule has 0 aliphatic carbocycles. The van der Waals surface area contributed by atoms with Crippen molar-refractivity contribution in [3.63, 3.8) is 0 Å². The van der Waals surface area contributed by atoms with E-state index in [1.54, 1.807) is 35.7 Å². The van der Waals surface area contributed by atoms with Gasteiger partial charge in [-0.15, -0.1) is 11.3 Å². The summed E-state index contributed by atoms with van der Waals surface area (Å²) in [6.45, 7) is 0. The fourth-order valence-electron chi connectivity index (χ4n) is 2.09. The SMILES string of the molecule is FC(F)(F)C(C#Cc1cccs1)=Nc1ccccc1C#Cc1ccccc1. The van der Waals surface area contributed by atoms with Crippen molar-refractivity contribution in [2.75, 3.05) is 0 Å². The molecule has 0 unspecified atom stereocenters. The highest BCUT2D eigenvalue weighted by molar-refractivity contribution is 7.10. The first-order chi connectivity index (χ1) is 13.0. The molecule has 0 bridgehead atoms. The summed E-state index contributed by atoms with van der Waals surface area (Å²) >= 11 is 1.27. The van der Waals surface area contributed by atoms with E-state index in [0.29, 0.717) is 10.4 Å².